The maximum atomic E-state index is 13.2. The minimum atomic E-state index is -0.529. The van der Waals surface area contributed by atoms with Crippen molar-refractivity contribution in [1.82, 2.24) is 15.5 Å². The van der Waals surface area contributed by atoms with Crippen LogP contribution >= 0.6 is 0 Å². The van der Waals surface area contributed by atoms with Crippen molar-refractivity contribution in [3.63, 3.8) is 0 Å². The van der Waals surface area contributed by atoms with Crippen molar-refractivity contribution in [2.45, 2.75) is 83.0 Å². The number of carbonyl (C=O) groups is 1. The van der Waals surface area contributed by atoms with Crippen LogP contribution in [-0.2, 0) is 15.7 Å². The van der Waals surface area contributed by atoms with Gasteiger partial charge in [0, 0.05) is 30.9 Å². The van der Waals surface area contributed by atoms with Gasteiger partial charge in [-0.25, -0.2) is 4.79 Å². The van der Waals surface area contributed by atoms with Crippen LogP contribution in [0.15, 0.2) is 34.9 Å². The van der Waals surface area contributed by atoms with Crippen molar-refractivity contribution in [1.29, 1.82) is 5.26 Å². The number of hydrogen-bond donors (Lipinski definition) is 2. The summed E-state index contributed by atoms with van der Waals surface area (Å²) in [5, 5.41) is 16.3. The molecule has 2 bridgehead atoms. The average molecular weight is 518 g/mol. The van der Waals surface area contributed by atoms with Crippen molar-refractivity contribution < 1.29 is 18.5 Å². The van der Waals surface area contributed by atoms with E-state index in [-0.39, 0.29) is 35.1 Å². The van der Waals surface area contributed by atoms with E-state index in [0.717, 1.165) is 48.9 Å². The van der Waals surface area contributed by atoms with E-state index in [1.54, 1.807) is 6.26 Å². The van der Waals surface area contributed by atoms with Crippen LogP contribution in [0.5, 0.6) is 0 Å². The standard InChI is InChI=1S/C29H39BN4O4/c1-28(2)20-15-24(28)29(3)25(16-20)37-30(38-29)26(14-19-18-36-23-10-5-4-9-22(19)23)33-27(35)32-17-21-8-6-12-34(21)13-7-11-31/h4-5,9-10,18,20-21,24-26H,6-8,12-17H2,1-3H3,(H2,32,33,35)/t20-,21+,24-,25+,26-,29-/m0/s1. The Labute approximate surface area is 225 Å². The fraction of sp³-hybridized carbons (Fsp3) is 0.655. The second kappa shape index (κ2) is 9.89. The van der Waals surface area contributed by atoms with Crippen molar-refractivity contribution in [2.24, 2.45) is 17.3 Å². The second-order valence-corrected chi connectivity index (χ2v) is 12.5. The summed E-state index contributed by atoms with van der Waals surface area (Å²) in [6.45, 7) is 9.21. The van der Waals surface area contributed by atoms with E-state index in [4.69, 9.17) is 19.0 Å². The fourth-order valence-electron chi connectivity index (χ4n) is 7.76. The van der Waals surface area contributed by atoms with E-state index >= 15 is 0 Å². The molecule has 38 heavy (non-hydrogen) atoms. The number of rotatable bonds is 8. The first-order chi connectivity index (χ1) is 18.3. The van der Waals surface area contributed by atoms with Crippen LogP contribution in [0, 0.1) is 28.6 Å². The minimum Gasteiger partial charge on any atom is -0.464 e. The summed E-state index contributed by atoms with van der Waals surface area (Å²) >= 11 is 0. The van der Waals surface area contributed by atoms with E-state index in [0.29, 0.717) is 31.2 Å². The Morgan fingerprint density at radius 3 is 2.95 bits per heavy atom. The number of nitrogens with one attached hydrogen (secondary N) is 2. The summed E-state index contributed by atoms with van der Waals surface area (Å²) in [6.07, 6.45) is 7.21. The molecule has 9 heteroatoms. The Morgan fingerprint density at radius 2 is 2.13 bits per heavy atom. The Morgan fingerprint density at radius 1 is 1.29 bits per heavy atom. The van der Waals surface area contributed by atoms with E-state index in [1.807, 2.05) is 18.2 Å². The lowest BCUT2D eigenvalue weighted by atomic mass is 9.43. The first-order valence-electron chi connectivity index (χ1n) is 14.2. The lowest BCUT2D eigenvalue weighted by molar-refractivity contribution is -0.199. The fourth-order valence-corrected chi connectivity index (χ4v) is 7.76. The summed E-state index contributed by atoms with van der Waals surface area (Å²) < 4.78 is 19.2. The van der Waals surface area contributed by atoms with Gasteiger partial charge in [-0.15, -0.1) is 0 Å². The van der Waals surface area contributed by atoms with Crippen LogP contribution in [0.1, 0.15) is 58.4 Å². The SMILES string of the molecule is CC1(C)[C@@H]2C[C@H]3OB([C@H](Cc4coc5ccccc45)NC(=O)NC[C@H]4CCCN4CCC#N)O[C@@]3(C)[C@H]1C2. The molecule has 0 radical (unpaired) electrons. The third-order valence-corrected chi connectivity index (χ3v) is 10.1. The molecule has 2 saturated heterocycles. The zero-order valence-electron chi connectivity index (χ0n) is 22.7. The van der Waals surface area contributed by atoms with Gasteiger partial charge in [0.1, 0.15) is 5.58 Å². The van der Waals surface area contributed by atoms with Crippen LogP contribution in [-0.4, -0.2) is 61.4 Å². The van der Waals surface area contributed by atoms with Gasteiger partial charge in [-0.1, -0.05) is 32.0 Å². The van der Waals surface area contributed by atoms with Crippen LogP contribution in [0.25, 0.3) is 11.0 Å². The van der Waals surface area contributed by atoms with Gasteiger partial charge in [-0.2, -0.15) is 5.26 Å². The molecule has 2 aromatic rings. The highest BCUT2D eigenvalue weighted by molar-refractivity contribution is 6.48. The zero-order valence-corrected chi connectivity index (χ0v) is 22.7. The normalized spacial score (nSPS) is 32.4. The quantitative estimate of drug-likeness (QED) is 0.506. The zero-order chi connectivity index (χ0) is 26.5. The number of amides is 2. The van der Waals surface area contributed by atoms with E-state index < -0.39 is 7.12 Å². The number of likely N-dealkylation sites (tertiary alicyclic amines) is 1. The molecule has 1 aromatic carbocycles. The maximum absolute atomic E-state index is 13.2. The smallest absolute Gasteiger partial charge is 0.464 e. The predicted molar refractivity (Wildman–Crippen MR) is 145 cm³/mol. The molecule has 3 saturated carbocycles. The van der Waals surface area contributed by atoms with E-state index in [2.05, 4.69) is 48.4 Å². The molecule has 0 unspecified atom stereocenters. The summed E-state index contributed by atoms with van der Waals surface area (Å²) in [5.74, 6) is 0.752. The number of furan rings is 1. The monoisotopic (exact) mass is 518 g/mol. The molecule has 8 nitrogen and oxygen atoms in total. The molecular weight excluding hydrogens is 479 g/mol. The number of nitrogens with zero attached hydrogens (tertiary/aromatic N) is 2. The van der Waals surface area contributed by atoms with Gasteiger partial charge in [0.15, 0.2) is 0 Å². The number of benzene rings is 1. The first kappa shape index (κ1) is 25.7. The molecule has 5 fully saturated rings. The largest absolute Gasteiger partial charge is 0.482 e. The van der Waals surface area contributed by atoms with Gasteiger partial charge in [-0.05, 0) is 74.5 Å². The molecule has 5 aliphatic rings. The predicted octanol–water partition coefficient (Wildman–Crippen LogP) is 4.29. The van der Waals surface area contributed by atoms with Crippen molar-refractivity contribution in [3.05, 3.63) is 36.1 Å². The number of fused-ring (bicyclic) bond motifs is 1. The van der Waals surface area contributed by atoms with Gasteiger partial charge in [0.25, 0.3) is 0 Å². The molecule has 3 heterocycles. The first-order valence-corrected chi connectivity index (χ1v) is 14.2. The van der Waals surface area contributed by atoms with Crippen LogP contribution in [0.3, 0.4) is 0 Å². The molecule has 3 aliphatic carbocycles. The van der Waals surface area contributed by atoms with E-state index in [1.165, 1.54) is 6.42 Å². The Bertz CT molecular complexity index is 1230. The van der Waals surface area contributed by atoms with Crippen molar-refractivity contribution >= 4 is 24.1 Å². The van der Waals surface area contributed by atoms with Gasteiger partial charge in [0.05, 0.1) is 30.0 Å². The number of para-hydroxylation sites is 1. The second-order valence-electron chi connectivity index (χ2n) is 12.5. The molecule has 2 N–H and O–H groups in total. The molecule has 2 amide bonds. The Balaban J connectivity index is 1.17. The highest BCUT2D eigenvalue weighted by Gasteiger charge is 2.68. The van der Waals surface area contributed by atoms with Gasteiger partial charge in [-0.3, -0.25) is 4.90 Å². The molecule has 202 valence electrons. The van der Waals surface area contributed by atoms with Gasteiger partial charge >= 0.3 is 13.1 Å². The molecule has 2 aliphatic heterocycles. The summed E-state index contributed by atoms with van der Waals surface area (Å²) in [4.78, 5) is 15.5. The lowest BCUT2D eigenvalue weighted by Gasteiger charge is -2.64. The summed E-state index contributed by atoms with van der Waals surface area (Å²) in [5.41, 5.74) is 1.77. The van der Waals surface area contributed by atoms with Crippen LogP contribution < -0.4 is 10.6 Å². The molecular formula is C29H39BN4O4. The molecule has 0 spiro atoms. The minimum absolute atomic E-state index is 0.0462. The number of nitriles is 1. The van der Waals surface area contributed by atoms with Crippen LogP contribution in [0.4, 0.5) is 4.79 Å². The van der Waals surface area contributed by atoms with Gasteiger partial charge < -0.3 is 24.4 Å². The number of carbonyl (C=O) groups excluding carboxylic acids is 1. The average Bonchev–Trinajstić information content (AvgIpc) is 3.62. The Hall–Kier alpha value is -2.54. The highest BCUT2D eigenvalue weighted by Crippen LogP contribution is 2.65. The summed E-state index contributed by atoms with van der Waals surface area (Å²) in [7, 11) is -0.529. The summed E-state index contributed by atoms with van der Waals surface area (Å²) in [6, 6.07) is 10.3. The molecule has 7 rings (SSSR count). The number of urea groups is 1. The maximum Gasteiger partial charge on any atom is 0.482 e. The number of hydrogen-bond acceptors (Lipinski definition) is 6. The van der Waals surface area contributed by atoms with Crippen molar-refractivity contribution in [2.75, 3.05) is 19.6 Å². The third-order valence-electron chi connectivity index (χ3n) is 10.1. The van der Waals surface area contributed by atoms with E-state index in [9.17, 15) is 4.79 Å². The third kappa shape index (κ3) is 4.41. The highest BCUT2D eigenvalue weighted by atomic mass is 16.7. The van der Waals surface area contributed by atoms with Crippen LogP contribution in [0.2, 0.25) is 0 Å². The lowest BCUT2D eigenvalue weighted by Crippen LogP contribution is -2.65. The Kier molecular flexibility index (Phi) is 6.70. The van der Waals surface area contributed by atoms with Crippen molar-refractivity contribution in [3.8, 4) is 6.07 Å². The molecule has 6 atom stereocenters. The van der Waals surface area contributed by atoms with Gasteiger partial charge in [0.2, 0.25) is 0 Å². The molecule has 1 aromatic heterocycles. The topological polar surface area (TPSA) is 99.8 Å².